The first-order valence-electron chi connectivity index (χ1n) is 7.14. The summed E-state index contributed by atoms with van der Waals surface area (Å²) >= 11 is 0. The lowest BCUT2D eigenvalue weighted by Gasteiger charge is -2.64. The average molecular weight is 220 g/mol. The monoisotopic (exact) mass is 220 g/mol. The SMILES string of the molecule is CN1CCC2(CCC2N2CC3(CCC3)C2)C1. The molecule has 2 heterocycles. The zero-order valence-corrected chi connectivity index (χ0v) is 10.5. The van der Waals surface area contributed by atoms with E-state index >= 15 is 0 Å². The molecule has 2 saturated carbocycles. The van der Waals surface area contributed by atoms with Crippen LogP contribution in [0.5, 0.6) is 0 Å². The van der Waals surface area contributed by atoms with Gasteiger partial charge in [-0.1, -0.05) is 6.42 Å². The van der Waals surface area contributed by atoms with Gasteiger partial charge in [-0.3, -0.25) is 4.90 Å². The molecule has 2 spiro atoms. The van der Waals surface area contributed by atoms with Gasteiger partial charge in [-0.05, 0) is 56.5 Å². The molecule has 4 rings (SSSR count). The molecule has 2 aliphatic carbocycles. The number of likely N-dealkylation sites (tertiary alicyclic amines) is 2. The van der Waals surface area contributed by atoms with Crippen LogP contribution in [0.3, 0.4) is 0 Å². The molecule has 4 aliphatic rings. The third-order valence-electron chi connectivity index (χ3n) is 6.13. The van der Waals surface area contributed by atoms with Gasteiger partial charge in [0, 0.05) is 25.7 Å². The first-order chi connectivity index (χ1) is 7.72. The molecule has 0 radical (unpaired) electrons. The number of rotatable bonds is 1. The van der Waals surface area contributed by atoms with Crippen molar-refractivity contribution in [3.8, 4) is 0 Å². The molecular formula is C14H24N2. The van der Waals surface area contributed by atoms with E-state index in [0.717, 1.165) is 16.9 Å². The maximum atomic E-state index is 2.84. The summed E-state index contributed by atoms with van der Waals surface area (Å²) in [6.07, 6.45) is 9.03. The highest BCUT2D eigenvalue weighted by Gasteiger charge is 2.58. The minimum atomic E-state index is 0.722. The molecule has 16 heavy (non-hydrogen) atoms. The van der Waals surface area contributed by atoms with E-state index in [4.69, 9.17) is 0 Å². The third kappa shape index (κ3) is 1.15. The fourth-order valence-corrected chi connectivity index (χ4v) is 4.87. The second-order valence-corrected chi connectivity index (χ2v) is 7.16. The van der Waals surface area contributed by atoms with Crippen molar-refractivity contribution in [2.24, 2.45) is 10.8 Å². The van der Waals surface area contributed by atoms with E-state index < -0.39 is 0 Å². The van der Waals surface area contributed by atoms with Gasteiger partial charge in [0.1, 0.15) is 0 Å². The molecule has 0 aromatic rings. The highest BCUT2D eigenvalue weighted by molar-refractivity contribution is 5.11. The topological polar surface area (TPSA) is 6.48 Å². The Kier molecular flexibility index (Phi) is 1.87. The van der Waals surface area contributed by atoms with E-state index in [1.807, 2.05) is 0 Å². The van der Waals surface area contributed by atoms with Gasteiger partial charge in [-0.2, -0.15) is 0 Å². The molecule has 0 aromatic carbocycles. The van der Waals surface area contributed by atoms with E-state index in [9.17, 15) is 0 Å². The summed E-state index contributed by atoms with van der Waals surface area (Å²) in [5.74, 6) is 0. The van der Waals surface area contributed by atoms with Crippen LogP contribution in [0.15, 0.2) is 0 Å². The zero-order chi connectivity index (χ0) is 10.8. The lowest BCUT2D eigenvalue weighted by molar-refractivity contribution is -0.142. The van der Waals surface area contributed by atoms with Crippen LogP contribution >= 0.6 is 0 Å². The number of hydrogen-bond acceptors (Lipinski definition) is 2. The van der Waals surface area contributed by atoms with E-state index in [-0.39, 0.29) is 0 Å². The first kappa shape index (κ1) is 9.90. The lowest BCUT2D eigenvalue weighted by atomic mass is 9.57. The molecule has 2 atom stereocenters. The van der Waals surface area contributed by atoms with Crippen molar-refractivity contribution >= 4 is 0 Å². The molecular weight excluding hydrogens is 196 g/mol. The summed E-state index contributed by atoms with van der Waals surface area (Å²) in [4.78, 5) is 5.38. The standard InChI is InChI=1S/C14H24N2/c1-15-8-7-14(11-15)6-3-12(14)16-9-13(10-16)4-2-5-13/h12H,2-11H2,1H3. The predicted octanol–water partition coefficient (Wildman–Crippen LogP) is 1.96. The highest BCUT2D eigenvalue weighted by atomic mass is 15.3. The minimum Gasteiger partial charge on any atom is -0.306 e. The molecule has 90 valence electrons. The summed E-state index contributed by atoms with van der Waals surface area (Å²) in [6, 6.07) is 0.962. The summed E-state index contributed by atoms with van der Waals surface area (Å²) in [7, 11) is 2.30. The molecule has 2 aliphatic heterocycles. The molecule has 2 unspecified atom stereocenters. The largest absolute Gasteiger partial charge is 0.306 e. The Hall–Kier alpha value is -0.0800. The Morgan fingerprint density at radius 3 is 2.25 bits per heavy atom. The highest BCUT2D eigenvalue weighted by Crippen LogP contribution is 2.56. The Morgan fingerprint density at radius 1 is 1.00 bits per heavy atom. The Morgan fingerprint density at radius 2 is 1.81 bits per heavy atom. The van der Waals surface area contributed by atoms with Crippen molar-refractivity contribution in [1.82, 2.24) is 9.80 Å². The van der Waals surface area contributed by atoms with Crippen molar-refractivity contribution in [1.29, 1.82) is 0 Å². The van der Waals surface area contributed by atoms with Crippen LogP contribution in [0.25, 0.3) is 0 Å². The fraction of sp³-hybridized carbons (Fsp3) is 1.00. The molecule has 2 heteroatoms. The average Bonchev–Trinajstić information content (AvgIpc) is 2.50. The van der Waals surface area contributed by atoms with Gasteiger partial charge in [0.2, 0.25) is 0 Å². The lowest BCUT2D eigenvalue weighted by Crippen LogP contribution is -2.68. The molecule has 2 nitrogen and oxygen atoms in total. The van der Waals surface area contributed by atoms with Crippen molar-refractivity contribution in [2.45, 2.75) is 44.6 Å². The van der Waals surface area contributed by atoms with Crippen LogP contribution in [-0.4, -0.2) is 49.1 Å². The molecule has 0 N–H and O–H groups in total. The van der Waals surface area contributed by atoms with Crippen LogP contribution in [0, 0.1) is 10.8 Å². The Bertz CT molecular complexity index is 302. The Balaban J connectivity index is 1.42. The predicted molar refractivity (Wildman–Crippen MR) is 65.4 cm³/mol. The maximum absolute atomic E-state index is 2.84. The third-order valence-corrected chi connectivity index (χ3v) is 6.13. The van der Waals surface area contributed by atoms with Crippen molar-refractivity contribution < 1.29 is 0 Å². The molecule has 0 bridgehead atoms. The van der Waals surface area contributed by atoms with E-state index in [1.165, 1.54) is 64.7 Å². The molecule has 2 saturated heterocycles. The van der Waals surface area contributed by atoms with Crippen molar-refractivity contribution in [2.75, 3.05) is 33.2 Å². The van der Waals surface area contributed by atoms with Crippen molar-refractivity contribution in [3.05, 3.63) is 0 Å². The molecule has 0 amide bonds. The summed E-state index contributed by atoms with van der Waals surface area (Å²) in [5, 5.41) is 0. The minimum absolute atomic E-state index is 0.722. The van der Waals surface area contributed by atoms with E-state index in [1.54, 1.807) is 0 Å². The van der Waals surface area contributed by atoms with Gasteiger partial charge in [0.15, 0.2) is 0 Å². The fourth-order valence-electron chi connectivity index (χ4n) is 4.87. The van der Waals surface area contributed by atoms with Gasteiger partial charge in [-0.25, -0.2) is 0 Å². The Labute approximate surface area is 99.0 Å². The number of nitrogens with zero attached hydrogens (tertiary/aromatic N) is 2. The summed E-state index contributed by atoms with van der Waals surface area (Å²) < 4.78 is 0. The van der Waals surface area contributed by atoms with E-state index in [2.05, 4.69) is 16.8 Å². The normalized spacial score (nSPS) is 46.7. The summed E-state index contributed by atoms with van der Waals surface area (Å²) in [5.41, 5.74) is 1.54. The quantitative estimate of drug-likeness (QED) is 0.666. The van der Waals surface area contributed by atoms with Crippen LogP contribution in [-0.2, 0) is 0 Å². The smallest absolute Gasteiger partial charge is 0.0165 e. The van der Waals surface area contributed by atoms with E-state index in [0.29, 0.717) is 0 Å². The van der Waals surface area contributed by atoms with Gasteiger partial charge in [0.25, 0.3) is 0 Å². The van der Waals surface area contributed by atoms with Gasteiger partial charge in [0.05, 0.1) is 0 Å². The van der Waals surface area contributed by atoms with Crippen LogP contribution < -0.4 is 0 Å². The van der Waals surface area contributed by atoms with Crippen LogP contribution in [0.4, 0.5) is 0 Å². The molecule has 4 fully saturated rings. The van der Waals surface area contributed by atoms with Crippen molar-refractivity contribution in [3.63, 3.8) is 0 Å². The van der Waals surface area contributed by atoms with Crippen LogP contribution in [0.1, 0.15) is 38.5 Å². The zero-order valence-electron chi connectivity index (χ0n) is 10.5. The first-order valence-corrected chi connectivity index (χ1v) is 7.14. The second-order valence-electron chi connectivity index (χ2n) is 7.16. The van der Waals surface area contributed by atoms with Gasteiger partial charge < -0.3 is 4.90 Å². The van der Waals surface area contributed by atoms with Gasteiger partial charge >= 0.3 is 0 Å². The molecule has 0 aromatic heterocycles. The second kappa shape index (κ2) is 3.02. The number of hydrogen-bond donors (Lipinski definition) is 0. The summed E-state index contributed by atoms with van der Waals surface area (Å²) in [6.45, 7) is 5.61. The van der Waals surface area contributed by atoms with Crippen LogP contribution in [0.2, 0.25) is 0 Å². The van der Waals surface area contributed by atoms with Gasteiger partial charge in [-0.15, -0.1) is 0 Å². The maximum Gasteiger partial charge on any atom is 0.0165 e.